The first-order valence-electron chi connectivity index (χ1n) is 12.2. The third kappa shape index (κ3) is 4.84. The van der Waals surface area contributed by atoms with E-state index in [0.29, 0.717) is 50.1 Å². The number of rotatable bonds is 7. The number of carbonyl (C=O) groups is 1. The van der Waals surface area contributed by atoms with Crippen LogP contribution in [0.15, 0.2) is 59.1 Å². The highest BCUT2D eigenvalue weighted by atomic mass is 35.5. The van der Waals surface area contributed by atoms with Gasteiger partial charge in [0.2, 0.25) is 0 Å². The number of carbonyl (C=O) groups excluding carboxylic acids is 1. The van der Waals surface area contributed by atoms with Crippen molar-refractivity contribution in [3.8, 4) is 17.0 Å². The van der Waals surface area contributed by atoms with E-state index in [1.165, 1.54) is 5.56 Å². The molecule has 4 aromatic rings. The molecule has 0 radical (unpaired) electrons. The van der Waals surface area contributed by atoms with Crippen molar-refractivity contribution in [1.82, 2.24) is 5.16 Å². The molecule has 37 heavy (non-hydrogen) atoms. The molecular weight excluding hydrogens is 531 g/mol. The minimum absolute atomic E-state index is 0.257. The van der Waals surface area contributed by atoms with E-state index >= 15 is 0 Å². The molecule has 3 aromatic carbocycles. The minimum Gasteiger partial charge on any atom is -0.489 e. The summed E-state index contributed by atoms with van der Waals surface area (Å²) in [6.07, 6.45) is 3.90. The average molecular weight is 554 g/mol. The summed E-state index contributed by atoms with van der Waals surface area (Å²) in [7, 11) is 0. The highest BCUT2D eigenvalue weighted by Crippen LogP contribution is 2.46. The van der Waals surface area contributed by atoms with Gasteiger partial charge >= 0.3 is 0 Å². The van der Waals surface area contributed by atoms with Gasteiger partial charge < -0.3 is 14.2 Å². The molecule has 2 heterocycles. The third-order valence-corrected chi connectivity index (χ3v) is 7.92. The van der Waals surface area contributed by atoms with Crippen LogP contribution in [-0.2, 0) is 19.6 Å². The predicted molar refractivity (Wildman–Crippen MR) is 146 cm³/mol. The molecule has 1 fully saturated rings. The lowest BCUT2D eigenvalue weighted by atomic mass is 9.97. The number of hydrogen-bond acceptors (Lipinski definition) is 5. The molecule has 0 saturated heterocycles. The first-order chi connectivity index (χ1) is 18.0. The fourth-order valence-electron chi connectivity index (χ4n) is 4.89. The van der Waals surface area contributed by atoms with Crippen LogP contribution in [0.1, 0.15) is 51.6 Å². The highest BCUT2D eigenvalue weighted by molar-refractivity contribution is 6.39. The van der Waals surface area contributed by atoms with Crippen molar-refractivity contribution < 1.29 is 14.1 Å². The molecule has 0 spiro atoms. The van der Waals surface area contributed by atoms with E-state index in [-0.39, 0.29) is 6.61 Å². The molecule has 6 rings (SSSR count). The molecule has 1 aliphatic carbocycles. The van der Waals surface area contributed by atoms with Gasteiger partial charge in [-0.25, -0.2) is 0 Å². The normalized spacial score (nSPS) is 14.9. The van der Waals surface area contributed by atoms with Crippen LogP contribution in [0.4, 0.5) is 5.69 Å². The molecule has 0 atom stereocenters. The van der Waals surface area contributed by atoms with E-state index in [1.54, 1.807) is 18.2 Å². The topological polar surface area (TPSA) is 55.6 Å². The van der Waals surface area contributed by atoms with Crippen LogP contribution in [0.25, 0.3) is 11.3 Å². The van der Waals surface area contributed by atoms with Crippen LogP contribution in [0.2, 0.25) is 15.1 Å². The van der Waals surface area contributed by atoms with Crippen LogP contribution < -0.4 is 9.64 Å². The van der Waals surface area contributed by atoms with Crippen molar-refractivity contribution in [2.45, 2.75) is 38.3 Å². The molecule has 0 unspecified atom stereocenters. The third-order valence-electron chi connectivity index (χ3n) is 6.99. The Labute approximate surface area is 229 Å². The summed E-state index contributed by atoms with van der Waals surface area (Å²) in [6, 6.07) is 17.0. The molecule has 0 N–H and O–H groups in total. The molecule has 0 amide bonds. The van der Waals surface area contributed by atoms with Crippen molar-refractivity contribution in [2.24, 2.45) is 0 Å². The number of aromatic nitrogens is 1. The monoisotopic (exact) mass is 552 g/mol. The lowest BCUT2D eigenvalue weighted by molar-refractivity contribution is 0.112. The van der Waals surface area contributed by atoms with Crippen molar-refractivity contribution in [1.29, 1.82) is 0 Å². The summed E-state index contributed by atoms with van der Waals surface area (Å²) < 4.78 is 11.9. The highest BCUT2D eigenvalue weighted by Gasteiger charge is 2.33. The quantitative estimate of drug-likeness (QED) is 0.216. The number of ether oxygens (including phenoxy) is 1. The Morgan fingerprint density at radius 2 is 1.81 bits per heavy atom. The average Bonchev–Trinajstić information content (AvgIpc) is 3.67. The van der Waals surface area contributed by atoms with Gasteiger partial charge in [0.1, 0.15) is 30.1 Å². The molecule has 0 bridgehead atoms. The van der Waals surface area contributed by atoms with Gasteiger partial charge in [0, 0.05) is 36.2 Å². The second-order valence-corrected chi connectivity index (χ2v) is 10.7. The van der Waals surface area contributed by atoms with Gasteiger partial charge in [0.05, 0.1) is 26.3 Å². The maximum atomic E-state index is 11.2. The summed E-state index contributed by atoms with van der Waals surface area (Å²) in [6.45, 7) is 1.80. The van der Waals surface area contributed by atoms with Gasteiger partial charge in [-0.3, -0.25) is 4.79 Å². The molecule has 1 saturated carbocycles. The first kappa shape index (κ1) is 24.4. The zero-order valence-corrected chi connectivity index (χ0v) is 22.1. The minimum atomic E-state index is 0.257. The fraction of sp³-hybridized carbons (Fsp3) is 0.241. The van der Waals surface area contributed by atoms with E-state index in [4.69, 9.17) is 44.1 Å². The van der Waals surface area contributed by atoms with Gasteiger partial charge in [-0.2, -0.15) is 0 Å². The van der Waals surface area contributed by atoms with Gasteiger partial charge in [-0.1, -0.05) is 58.2 Å². The standard InChI is InChI=1S/C29H23Cl3N2O3/c30-23-2-1-3-24(31)27(23)28-22(29(37-33-28)19-6-7-19)16-36-21-8-9-26(25(32)13-21)34-11-10-18-5-4-17(15-35)12-20(18)14-34/h1-5,8-9,12-13,15,19H,6-7,10-11,14,16H2. The maximum Gasteiger partial charge on any atom is 0.150 e. The Bertz CT molecular complexity index is 1480. The van der Waals surface area contributed by atoms with Crippen molar-refractivity contribution in [3.05, 3.63) is 97.7 Å². The van der Waals surface area contributed by atoms with Crippen molar-refractivity contribution in [2.75, 3.05) is 11.4 Å². The Morgan fingerprint density at radius 3 is 2.54 bits per heavy atom. The van der Waals surface area contributed by atoms with Gasteiger partial charge in [0.15, 0.2) is 0 Å². The van der Waals surface area contributed by atoms with Crippen LogP contribution in [0.3, 0.4) is 0 Å². The van der Waals surface area contributed by atoms with Gasteiger partial charge in [-0.05, 0) is 60.7 Å². The van der Waals surface area contributed by atoms with Crippen LogP contribution in [0, 0.1) is 0 Å². The summed E-state index contributed by atoms with van der Waals surface area (Å²) in [5.41, 5.74) is 6.16. The second kappa shape index (κ2) is 10.1. The fourth-order valence-corrected chi connectivity index (χ4v) is 5.76. The Kier molecular flexibility index (Phi) is 6.62. The van der Waals surface area contributed by atoms with Crippen LogP contribution in [-0.4, -0.2) is 18.0 Å². The molecule has 8 heteroatoms. The first-order valence-corrected chi connectivity index (χ1v) is 13.3. The molecule has 1 aromatic heterocycles. The smallest absolute Gasteiger partial charge is 0.150 e. The van der Waals surface area contributed by atoms with E-state index in [0.717, 1.165) is 54.7 Å². The van der Waals surface area contributed by atoms with Gasteiger partial charge in [0.25, 0.3) is 0 Å². The molecule has 5 nitrogen and oxygen atoms in total. The summed E-state index contributed by atoms with van der Waals surface area (Å²) in [4.78, 5) is 13.4. The molecule has 188 valence electrons. The van der Waals surface area contributed by atoms with Crippen molar-refractivity contribution in [3.63, 3.8) is 0 Å². The zero-order chi connectivity index (χ0) is 25.5. The number of anilines is 1. The number of benzene rings is 3. The number of nitrogens with zero attached hydrogens (tertiary/aromatic N) is 2. The second-order valence-electron chi connectivity index (χ2n) is 9.46. The number of aldehydes is 1. The van der Waals surface area contributed by atoms with Gasteiger partial charge in [-0.15, -0.1) is 0 Å². The number of hydrogen-bond donors (Lipinski definition) is 0. The van der Waals surface area contributed by atoms with E-state index < -0.39 is 0 Å². The number of halogens is 3. The van der Waals surface area contributed by atoms with Crippen molar-refractivity contribution >= 4 is 46.8 Å². The summed E-state index contributed by atoms with van der Waals surface area (Å²) in [5, 5.41) is 5.96. The van der Waals surface area contributed by atoms with E-state index in [9.17, 15) is 4.79 Å². The lowest BCUT2D eigenvalue weighted by Crippen LogP contribution is -2.30. The summed E-state index contributed by atoms with van der Waals surface area (Å²) in [5.74, 6) is 1.82. The predicted octanol–water partition coefficient (Wildman–Crippen LogP) is 8.13. The Morgan fingerprint density at radius 1 is 1.00 bits per heavy atom. The van der Waals surface area contributed by atoms with E-state index in [2.05, 4.69) is 10.1 Å². The SMILES string of the molecule is O=Cc1ccc2c(c1)CN(c1ccc(OCc3c(-c4c(Cl)cccc4Cl)noc3C3CC3)cc1Cl)CC2. The van der Waals surface area contributed by atoms with Crippen LogP contribution in [0.5, 0.6) is 5.75 Å². The molecule has 2 aliphatic rings. The van der Waals surface area contributed by atoms with Crippen LogP contribution >= 0.6 is 34.8 Å². The zero-order valence-electron chi connectivity index (χ0n) is 19.8. The number of fused-ring (bicyclic) bond motifs is 1. The Balaban J connectivity index is 1.23. The van der Waals surface area contributed by atoms with E-state index in [1.807, 2.05) is 36.4 Å². The summed E-state index contributed by atoms with van der Waals surface area (Å²) >= 11 is 19.7. The Hall–Kier alpha value is -2.99. The maximum absolute atomic E-state index is 11.2. The lowest BCUT2D eigenvalue weighted by Gasteiger charge is -2.31. The largest absolute Gasteiger partial charge is 0.489 e. The molecular formula is C29H23Cl3N2O3. The molecule has 1 aliphatic heterocycles.